The predicted molar refractivity (Wildman–Crippen MR) is 171 cm³/mol. The van der Waals surface area contributed by atoms with Gasteiger partial charge in [-0.05, 0) is 59.7 Å². The number of anilines is 1. The molecule has 43 heavy (non-hydrogen) atoms. The third kappa shape index (κ3) is 8.83. The summed E-state index contributed by atoms with van der Waals surface area (Å²) in [6, 6.07) is 23.3. The van der Waals surface area contributed by atoms with Crippen molar-refractivity contribution < 1.29 is 22.7 Å². The van der Waals surface area contributed by atoms with Crippen LogP contribution >= 0.6 is 0 Å². The quantitative estimate of drug-likeness (QED) is 0.286. The van der Waals surface area contributed by atoms with E-state index < -0.39 is 28.5 Å². The first kappa shape index (κ1) is 32.1. The molecule has 8 nitrogen and oxygen atoms in total. The van der Waals surface area contributed by atoms with Crippen LogP contribution in [0.5, 0.6) is 5.75 Å². The molecule has 0 aromatic heterocycles. The number of ether oxygens (including phenoxy) is 1. The van der Waals surface area contributed by atoms with Gasteiger partial charge in [-0.25, -0.2) is 8.42 Å². The van der Waals surface area contributed by atoms with Crippen LogP contribution in [0.15, 0.2) is 78.9 Å². The van der Waals surface area contributed by atoms with Crippen LogP contribution in [0, 0.1) is 0 Å². The summed E-state index contributed by atoms with van der Waals surface area (Å²) in [5.74, 6) is 0.198. The number of hydrogen-bond donors (Lipinski definition) is 1. The van der Waals surface area contributed by atoms with Gasteiger partial charge in [-0.3, -0.25) is 13.9 Å². The molecular weight excluding hydrogens is 562 g/mol. The summed E-state index contributed by atoms with van der Waals surface area (Å²) in [5, 5.41) is 3.19. The van der Waals surface area contributed by atoms with Gasteiger partial charge in [0.15, 0.2) is 0 Å². The summed E-state index contributed by atoms with van der Waals surface area (Å²) in [5.41, 5.74) is 3.14. The molecule has 1 aliphatic carbocycles. The molecule has 1 N–H and O–H groups in total. The molecular formula is C34H43N3O5S. The maximum atomic E-state index is 14.3. The fourth-order valence-corrected chi connectivity index (χ4v) is 6.38. The second-order valence-corrected chi connectivity index (χ2v) is 13.5. The number of amides is 2. The second-order valence-electron chi connectivity index (χ2n) is 11.6. The molecule has 0 unspecified atom stereocenters. The monoisotopic (exact) mass is 605 g/mol. The number of rotatable bonds is 13. The molecule has 3 aromatic rings. The van der Waals surface area contributed by atoms with E-state index in [-0.39, 0.29) is 30.8 Å². The maximum Gasteiger partial charge on any atom is 0.244 e. The average molecular weight is 606 g/mol. The Balaban J connectivity index is 1.72. The fraction of sp³-hybridized carbons (Fsp3) is 0.412. The number of carbonyl (C=O) groups excluding carboxylic acids is 2. The number of methoxy groups -OCH3 is 1. The first-order valence-corrected chi connectivity index (χ1v) is 16.7. The molecule has 4 rings (SSSR count). The molecule has 0 aliphatic heterocycles. The standard InChI is InChI=1S/C34H43N3O5S/c1-25(2)28-17-19-30(20-18-28)37(43(4,40)41)24-33(38)36(23-27-13-10-16-31(21-27)42-3)32(22-26-11-6-5-7-12-26)34(39)35-29-14-8-9-15-29/h5-7,10-13,16-21,25,29,32H,8-9,14-15,22-24H2,1-4H3,(H,35,39)/t32-/m1/s1. The fourth-order valence-electron chi connectivity index (χ4n) is 5.53. The normalized spacial score (nSPS) is 14.3. The van der Waals surface area contributed by atoms with E-state index in [9.17, 15) is 18.0 Å². The van der Waals surface area contributed by atoms with E-state index in [1.807, 2.05) is 66.7 Å². The largest absolute Gasteiger partial charge is 0.497 e. The van der Waals surface area contributed by atoms with Crippen molar-refractivity contribution in [3.8, 4) is 5.75 Å². The van der Waals surface area contributed by atoms with E-state index >= 15 is 0 Å². The topological polar surface area (TPSA) is 96.0 Å². The Morgan fingerprint density at radius 2 is 1.58 bits per heavy atom. The molecule has 0 spiro atoms. The lowest BCUT2D eigenvalue weighted by atomic mass is 10.0. The van der Waals surface area contributed by atoms with Crippen molar-refractivity contribution in [3.63, 3.8) is 0 Å². The van der Waals surface area contributed by atoms with E-state index in [1.54, 1.807) is 19.2 Å². The van der Waals surface area contributed by atoms with Gasteiger partial charge in [0.1, 0.15) is 18.3 Å². The van der Waals surface area contributed by atoms with E-state index in [0.29, 0.717) is 11.4 Å². The van der Waals surface area contributed by atoms with Gasteiger partial charge in [-0.15, -0.1) is 0 Å². The Hall–Kier alpha value is -3.85. The summed E-state index contributed by atoms with van der Waals surface area (Å²) in [4.78, 5) is 29.8. The zero-order chi connectivity index (χ0) is 31.0. The van der Waals surface area contributed by atoms with Crippen molar-refractivity contribution in [1.29, 1.82) is 0 Å². The molecule has 0 bridgehead atoms. The van der Waals surface area contributed by atoms with Gasteiger partial charge in [0.05, 0.1) is 19.1 Å². The highest BCUT2D eigenvalue weighted by molar-refractivity contribution is 7.92. The smallest absolute Gasteiger partial charge is 0.244 e. The first-order chi connectivity index (χ1) is 20.5. The van der Waals surface area contributed by atoms with E-state index in [4.69, 9.17) is 4.74 Å². The van der Waals surface area contributed by atoms with Crippen molar-refractivity contribution in [3.05, 3.63) is 95.6 Å². The molecule has 0 heterocycles. The molecule has 9 heteroatoms. The number of sulfonamides is 1. The molecule has 230 valence electrons. The van der Waals surface area contributed by atoms with Gasteiger partial charge in [-0.1, -0.05) is 81.3 Å². The Bertz CT molecular complexity index is 1470. The van der Waals surface area contributed by atoms with Gasteiger partial charge in [0.25, 0.3) is 0 Å². The van der Waals surface area contributed by atoms with Crippen LogP contribution < -0.4 is 14.4 Å². The zero-order valence-corrected chi connectivity index (χ0v) is 26.3. The molecule has 2 amide bonds. The maximum absolute atomic E-state index is 14.3. The first-order valence-electron chi connectivity index (χ1n) is 14.9. The molecule has 1 aliphatic rings. The van der Waals surface area contributed by atoms with Crippen molar-refractivity contribution >= 4 is 27.5 Å². The van der Waals surface area contributed by atoms with Crippen molar-refractivity contribution in [2.75, 3.05) is 24.2 Å². The average Bonchev–Trinajstić information content (AvgIpc) is 3.50. The Morgan fingerprint density at radius 1 is 0.930 bits per heavy atom. The van der Waals surface area contributed by atoms with Crippen molar-refractivity contribution in [2.45, 2.75) is 70.5 Å². The molecule has 1 atom stereocenters. The number of hydrogen-bond acceptors (Lipinski definition) is 5. The van der Waals surface area contributed by atoms with Crippen LogP contribution in [0.3, 0.4) is 0 Å². The van der Waals surface area contributed by atoms with E-state index in [2.05, 4.69) is 19.2 Å². The zero-order valence-electron chi connectivity index (χ0n) is 25.5. The lowest BCUT2D eigenvalue weighted by molar-refractivity contribution is -0.140. The summed E-state index contributed by atoms with van der Waals surface area (Å²) in [6.07, 6.45) is 5.30. The van der Waals surface area contributed by atoms with Gasteiger partial charge in [-0.2, -0.15) is 0 Å². The van der Waals surface area contributed by atoms with E-state index in [1.165, 1.54) is 4.90 Å². The third-order valence-electron chi connectivity index (χ3n) is 7.99. The van der Waals surface area contributed by atoms with Crippen molar-refractivity contribution in [2.24, 2.45) is 0 Å². The number of benzene rings is 3. The van der Waals surface area contributed by atoms with Gasteiger partial charge in [0, 0.05) is 19.0 Å². The highest BCUT2D eigenvalue weighted by Crippen LogP contribution is 2.25. The Labute approximate surface area is 256 Å². The number of nitrogens with one attached hydrogen (secondary N) is 1. The minimum Gasteiger partial charge on any atom is -0.497 e. The SMILES string of the molecule is COc1cccc(CN(C(=O)CN(c2ccc(C(C)C)cc2)S(C)(=O)=O)[C@H](Cc2ccccc2)C(=O)NC2CCCC2)c1. The molecule has 0 radical (unpaired) electrons. The van der Waals surface area contributed by atoms with Crippen molar-refractivity contribution in [1.82, 2.24) is 10.2 Å². The van der Waals surface area contributed by atoms with Crippen LogP contribution in [0.25, 0.3) is 0 Å². The van der Waals surface area contributed by atoms with Gasteiger partial charge >= 0.3 is 0 Å². The highest BCUT2D eigenvalue weighted by atomic mass is 32.2. The van der Waals surface area contributed by atoms with Crippen LogP contribution in [0.2, 0.25) is 0 Å². The number of carbonyl (C=O) groups is 2. The minimum absolute atomic E-state index is 0.0616. The minimum atomic E-state index is -3.82. The summed E-state index contributed by atoms with van der Waals surface area (Å²) in [7, 11) is -2.25. The number of nitrogens with zero attached hydrogens (tertiary/aromatic N) is 2. The van der Waals surface area contributed by atoms with Crippen LogP contribution in [-0.4, -0.2) is 57.1 Å². The van der Waals surface area contributed by atoms with Crippen LogP contribution in [-0.2, 0) is 32.6 Å². The lowest BCUT2D eigenvalue weighted by Crippen LogP contribution is -2.54. The Kier molecular flexibility index (Phi) is 10.9. The molecule has 3 aromatic carbocycles. The highest BCUT2D eigenvalue weighted by Gasteiger charge is 2.34. The van der Waals surface area contributed by atoms with E-state index in [0.717, 1.165) is 52.9 Å². The third-order valence-corrected chi connectivity index (χ3v) is 9.13. The Morgan fingerprint density at radius 3 is 2.19 bits per heavy atom. The van der Waals surface area contributed by atoms with Gasteiger partial charge < -0.3 is 15.0 Å². The molecule has 1 fully saturated rings. The van der Waals surface area contributed by atoms with Crippen LogP contribution in [0.1, 0.15) is 62.1 Å². The predicted octanol–water partition coefficient (Wildman–Crippen LogP) is 5.28. The van der Waals surface area contributed by atoms with Crippen LogP contribution in [0.4, 0.5) is 5.69 Å². The lowest BCUT2D eigenvalue weighted by Gasteiger charge is -2.34. The molecule has 1 saturated carbocycles. The molecule has 0 saturated heterocycles. The van der Waals surface area contributed by atoms with Gasteiger partial charge in [0.2, 0.25) is 21.8 Å². The second kappa shape index (κ2) is 14.6. The summed E-state index contributed by atoms with van der Waals surface area (Å²) < 4.78 is 32.6. The summed E-state index contributed by atoms with van der Waals surface area (Å²) in [6.45, 7) is 3.79. The summed E-state index contributed by atoms with van der Waals surface area (Å²) >= 11 is 0.